The summed E-state index contributed by atoms with van der Waals surface area (Å²) in [7, 11) is 2.06. The molecule has 1 rings (SSSR count). The monoisotopic (exact) mass is 187 g/mol. The molecule has 0 bridgehead atoms. The third-order valence-electron chi connectivity index (χ3n) is 1.60. The van der Waals surface area contributed by atoms with E-state index in [9.17, 15) is 0 Å². The summed E-state index contributed by atoms with van der Waals surface area (Å²) in [5.74, 6) is 5.78. The molecule has 1 aliphatic heterocycles. The fourth-order valence-electron chi connectivity index (χ4n) is 0.906. The predicted octanol–water partition coefficient (Wildman–Crippen LogP) is -3.66. The lowest BCUT2D eigenvalue weighted by molar-refractivity contribution is -0.922. The van der Waals surface area contributed by atoms with Crippen LogP contribution in [-0.4, -0.2) is 37.8 Å². The molecule has 10 heavy (non-hydrogen) atoms. The molecule has 1 fully saturated rings. The Labute approximate surface area is 74.3 Å². The van der Waals surface area contributed by atoms with E-state index in [1.165, 1.54) is 0 Å². The molecule has 0 atom stereocenters. The zero-order chi connectivity index (χ0) is 6.04. The smallest absolute Gasteiger partial charge is 0.108 e. The quantitative estimate of drug-likeness (QED) is 0.304. The molecule has 1 saturated heterocycles. The summed E-state index contributed by atoms with van der Waals surface area (Å²) in [6, 6.07) is 0. The molecule has 0 unspecified atom stereocenters. The Morgan fingerprint density at radius 3 is 1.90 bits per heavy atom. The summed E-state index contributed by atoms with van der Waals surface area (Å²) in [6.07, 6.45) is 0. The molecule has 0 aromatic heterocycles. The van der Waals surface area contributed by atoms with Crippen molar-refractivity contribution in [3.8, 4) is 0 Å². The minimum atomic E-state index is 0. The molecule has 0 radical (unpaired) electrons. The molecule has 3 N–H and O–H groups in total. The van der Waals surface area contributed by atoms with Crippen molar-refractivity contribution in [2.45, 2.75) is 0 Å². The molecular formula is C5H15Cl2N3. The highest BCUT2D eigenvalue weighted by Gasteiger charge is 2.18. The van der Waals surface area contributed by atoms with Crippen molar-refractivity contribution in [3.63, 3.8) is 0 Å². The number of hydrogen-bond donors (Lipinski definition) is 2. The van der Waals surface area contributed by atoms with Gasteiger partial charge in [0.05, 0.1) is 7.05 Å². The van der Waals surface area contributed by atoms with Gasteiger partial charge in [0.25, 0.3) is 0 Å². The van der Waals surface area contributed by atoms with Gasteiger partial charge in [-0.3, -0.25) is 0 Å². The Kier molecular flexibility index (Phi) is 6.74. The van der Waals surface area contributed by atoms with Gasteiger partial charge in [-0.25, -0.2) is 4.59 Å². The second-order valence-corrected chi connectivity index (χ2v) is 2.68. The number of nitrogens with one attached hydrogen (secondary N) is 1. The largest absolute Gasteiger partial charge is 1.00 e. The molecule has 0 aromatic carbocycles. The molecule has 64 valence electrons. The first-order valence-electron chi connectivity index (χ1n) is 3.04. The summed E-state index contributed by atoms with van der Waals surface area (Å²) < 4.78 is 0.688. The first-order chi connectivity index (χ1) is 3.71. The first-order valence-corrected chi connectivity index (χ1v) is 3.04. The van der Waals surface area contributed by atoms with E-state index in [0.717, 1.165) is 26.2 Å². The van der Waals surface area contributed by atoms with Crippen molar-refractivity contribution in [2.75, 3.05) is 33.2 Å². The summed E-state index contributed by atoms with van der Waals surface area (Å²) in [4.78, 5) is 0. The summed E-state index contributed by atoms with van der Waals surface area (Å²) in [5.41, 5.74) is 0. The van der Waals surface area contributed by atoms with Crippen molar-refractivity contribution in [3.05, 3.63) is 0 Å². The van der Waals surface area contributed by atoms with Gasteiger partial charge in [0.1, 0.15) is 13.1 Å². The normalized spacial score (nSPS) is 22.2. The van der Waals surface area contributed by atoms with E-state index in [2.05, 4.69) is 12.4 Å². The SMILES string of the molecule is C[N+]1(N)CCNCC1.Cl.[Cl-]. The van der Waals surface area contributed by atoms with Crippen LogP contribution in [0.2, 0.25) is 0 Å². The predicted molar refractivity (Wildman–Crippen MR) is 40.2 cm³/mol. The van der Waals surface area contributed by atoms with Gasteiger partial charge in [0.15, 0.2) is 0 Å². The van der Waals surface area contributed by atoms with Crippen LogP contribution in [-0.2, 0) is 0 Å². The molecule has 0 saturated carbocycles. The van der Waals surface area contributed by atoms with Crippen LogP contribution in [0.3, 0.4) is 0 Å². The Balaban J connectivity index is 0. The molecule has 0 spiro atoms. The van der Waals surface area contributed by atoms with Gasteiger partial charge in [-0.05, 0) is 0 Å². The summed E-state index contributed by atoms with van der Waals surface area (Å²) >= 11 is 0. The minimum Gasteiger partial charge on any atom is -1.00 e. The first kappa shape index (κ1) is 13.1. The van der Waals surface area contributed by atoms with E-state index in [-0.39, 0.29) is 24.8 Å². The second-order valence-electron chi connectivity index (χ2n) is 2.68. The Morgan fingerprint density at radius 1 is 1.30 bits per heavy atom. The maximum atomic E-state index is 5.78. The van der Waals surface area contributed by atoms with Crippen LogP contribution in [0.4, 0.5) is 0 Å². The standard InChI is InChI=1S/C5H14N3.2ClH/c1-8(6)4-2-7-3-5-8;;/h7H,2-6H2,1H3;2*1H/q+1;;/p-1. The van der Waals surface area contributed by atoms with Crippen molar-refractivity contribution in [1.82, 2.24) is 5.32 Å². The number of quaternary nitrogens is 1. The highest BCUT2D eigenvalue weighted by atomic mass is 35.5. The van der Waals surface area contributed by atoms with Crippen LogP contribution in [0.5, 0.6) is 0 Å². The van der Waals surface area contributed by atoms with Crippen molar-refractivity contribution < 1.29 is 17.0 Å². The molecule has 0 aliphatic carbocycles. The van der Waals surface area contributed by atoms with E-state index < -0.39 is 0 Å². The highest BCUT2D eigenvalue weighted by Crippen LogP contribution is 1.92. The molecule has 1 aliphatic rings. The van der Waals surface area contributed by atoms with Crippen LogP contribution in [0.25, 0.3) is 0 Å². The van der Waals surface area contributed by atoms with Crippen molar-refractivity contribution in [2.24, 2.45) is 5.84 Å². The third kappa shape index (κ3) is 4.30. The maximum Gasteiger partial charge on any atom is 0.108 e. The number of likely N-dealkylation sites (N-methyl/N-ethyl adjacent to an activating group) is 1. The lowest BCUT2D eigenvalue weighted by atomic mass is 10.4. The van der Waals surface area contributed by atoms with E-state index in [0.29, 0.717) is 4.59 Å². The fraction of sp³-hybridized carbons (Fsp3) is 1.00. The van der Waals surface area contributed by atoms with Gasteiger partial charge in [-0.15, -0.1) is 12.4 Å². The molecule has 5 heteroatoms. The van der Waals surface area contributed by atoms with E-state index in [4.69, 9.17) is 5.84 Å². The zero-order valence-corrected chi connectivity index (χ0v) is 7.71. The summed E-state index contributed by atoms with van der Waals surface area (Å²) in [5, 5.41) is 3.24. The number of piperazine rings is 1. The van der Waals surface area contributed by atoms with Gasteiger partial charge >= 0.3 is 0 Å². The topological polar surface area (TPSA) is 38.0 Å². The van der Waals surface area contributed by atoms with Gasteiger partial charge in [0, 0.05) is 13.1 Å². The molecular weight excluding hydrogens is 173 g/mol. The number of nitrogens with two attached hydrogens (primary N) is 1. The van der Waals surface area contributed by atoms with Gasteiger partial charge in [0.2, 0.25) is 0 Å². The number of rotatable bonds is 0. The fourth-order valence-corrected chi connectivity index (χ4v) is 0.906. The Hall–Kier alpha value is 0.460. The molecule has 1 heterocycles. The van der Waals surface area contributed by atoms with Crippen molar-refractivity contribution >= 4 is 12.4 Å². The lowest BCUT2D eigenvalue weighted by Gasteiger charge is -2.31. The molecule has 0 amide bonds. The number of halogens is 2. The van der Waals surface area contributed by atoms with Gasteiger partial charge < -0.3 is 17.7 Å². The second kappa shape index (κ2) is 5.16. The lowest BCUT2D eigenvalue weighted by Crippen LogP contribution is -3.00. The van der Waals surface area contributed by atoms with Crippen molar-refractivity contribution in [1.29, 1.82) is 0 Å². The maximum absolute atomic E-state index is 5.78. The average molecular weight is 188 g/mol. The minimum absolute atomic E-state index is 0. The van der Waals surface area contributed by atoms with E-state index in [1.807, 2.05) is 0 Å². The third-order valence-corrected chi connectivity index (χ3v) is 1.60. The van der Waals surface area contributed by atoms with Gasteiger partial charge in [-0.1, -0.05) is 0 Å². The van der Waals surface area contributed by atoms with Gasteiger partial charge in [-0.2, -0.15) is 5.84 Å². The van der Waals surface area contributed by atoms with E-state index >= 15 is 0 Å². The number of nitrogens with zero attached hydrogens (tertiary/aromatic N) is 1. The van der Waals surface area contributed by atoms with Crippen LogP contribution in [0, 0.1) is 0 Å². The number of hydrogen-bond acceptors (Lipinski definition) is 2. The Morgan fingerprint density at radius 2 is 1.70 bits per heavy atom. The average Bonchev–Trinajstić information content (AvgIpc) is 1.65. The Bertz CT molecular complexity index is 79.0. The van der Waals surface area contributed by atoms with Crippen LogP contribution in [0.15, 0.2) is 0 Å². The molecule has 3 nitrogen and oxygen atoms in total. The highest BCUT2D eigenvalue weighted by molar-refractivity contribution is 5.85. The van der Waals surface area contributed by atoms with E-state index in [1.54, 1.807) is 0 Å². The van der Waals surface area contributed by atoms with Crippen LogP contribution < -0.4 is 23.6 Å². The van der Waals surface area contributed by atoms with Crippen LogP contribution in [0.1, 0.15) is 0 Å². The zero-order valence-electron chi connectivity index (χ0n) is 6.14. The van der Waals surface area contributed by atoms with Crippen LogP contribution >= 0.6 is 12.4 Å². The molecule has 0 aromatic rings. The summed E-state index contributed by atoms with van der Waals surface area (Å²) in [6.45, 7) is 4.24.